The molecule has 0 fully saturated rings. The highest BCUT2D eigenvalue weighted by molar-refractivity contribution is 5.82. The minimum atomic E-state index is -1.30. The first kappa shape index (κ1) is 15.0. The molecule has 1 aromatic heterocycles. The van der Waals surface area contributed by atoms with E-state index in [4.69, 9.17) is 4.42 Å². The second-order valence-corrected chi connectivity index (χ2v) is 3.99. The summed E-state index contributed by atoms with van der Waals surface area (Å²) in [5.41, 5.74) is 0. The van der Waals surface area contributed by atoms with Gasteiger partial charge in [-0.15, -0.1) is 0 Å². The summed E-state index contributed by atoms with van der Waals surface area (Å²) in [5.74, 6) is -1.47. The maximum Gasteiger partial charge on any atom is 0.519 e. The van der Waals surface area contributed by atoms with E-state index < -0.39 is 17.8 Å². The molecule has 1 N–H and O–H groups in total. The van der Waals surface area contributed by atoms with Crippen LogP contribution >= 0.6 is 0 Å². The Balaban J connectivity index is 2.71. The summed E-state index contributed by atoms with van der Waals surface area (Å²) in [5, 5.41) is 2.61. The summed E-state index contributed by atoms with van der Waals surface area (Å²) in [6.07, 6.45) is 1.54. The van der Waals surface area contributed by atoms with Gasteiger partial charge in [-0.2, -0.15) is 0 Å². The van der Waals surface area contributed by atoms with Crippen LogP contribution in [0, 0.1) is 6.92 Å². The first-order valence-corrected chi connectivity index (χ1v) is 6.07. The van der Waals surface area contributed by atoms with Crippen LogP contribution in [0.2, 0.25) is 0 Å². The largest absolute Gasteiger partial charge is 0.519 e. The van der Waals surface area contributed by atoms with Crippen LogP contribution in [0.4, 0.5) is 0 Å². The van der Waals surface area contributed by atoms with Gasteiger partial charge in [0.2, 0.25) is 6.10 Å². The van der Waals surface area contributed by atoms with Crippen molar-refractivity contribution < 1.29 is 23.2 Å². The number of unbranched alkanes of at least 4 members (excludes halogenated alkanes) is 2. The van der Waals surface area contributed by atoms with Crippen LogP contribution in [-0.2, 0) is 14.3 Å². The fraction of sp³-hybridized carbons (Fsp3) is 0.583. The number of amides is 1. The molecular formula is C12H17NO6. The van der Waals surface area contributed by atoms with Gasteiger partial charge in [0.25, 0.3) is 12.4 Å². The molecule has 0 bridgehead atoms. The Morgan fingerprint density at radius 1 is 1.42 bits per heavy atom. The lowest BCUT2D eigenvalue weighted by Crippen LogP contribution is -2.31. The maximum atomic E-state index is 11.9. The summed E-state index contributed by atoms with van der Waals surface area (Å²) >= 11 is 0. The number of hydrogen-bond donors (Lipinski definition) is 1. The molecule has 0 radical (unpaired) electrons. The van der Waals surface area contributed by atoms with Crippen LogP contribution in [0.1, 0.15) is 43.8 Å². The van der Waals surface area contributed by atoms with Crippen molar-refractivity contribution in [2.24, 2.45) is 0 Å². The zero-order chi connectivity index (χ0) is 14.3. The van der Waals surface area contributed by atoms with Crippen molar-refractivity contribution in [1.82, 2.24) is 5.32 Å². The number of carbonyl (C=O) groups excluding carboxylic acids is 2. The molecule has 1 rings (SSSR count). The molecule has 1 heterocycles. The van der Waals surface area contributed by atoms with Crippen LogP contribution in [-0.4, -0.2) is 18.9 Å². The molecular weight excluding hydrogens is 254 g/mol. The van der Waals surface area contributed by atoms with Crippen molar-refractivity contribution in [1.29, 1.82) is 0 Å². The van der Waals surface area contributed by atoms with Gasteiger partial charge in [-0.1, -0.05) is 19.8 Å². The van der Waals surface area contributed by atoms with E-state index in [2.05, 4.69) is 14.5 Å². The molecule has 0 saturated carbocycles. The molecule has 106 valence electrons. The van der Waals surface area contributed by atoms with Crippen molar-refractivity contribution in [3.05, 3.63) is 22.1 Å². The fourth-order valence-corrected chi connectivity index (χ4v) is 1.57. The Kier molecular flexibility index (Phi) is 5.84. The van der Waals surface area contributed by atoms with Gasteiger partial charge in [-0.3, -0.25) is 9.59 Å². The summed E-state index contributed by atoms with van der Waals surface area (Å²) in [4.78, 5) is 33.2. The number of hydrogen-bond acceptors (Lipinski definition) is 6. The zero-order valence-electron chi connectivity index (χ0n) is 10.9. The Labute approximate surface area is 109 Å². The van der Waals surface area contributed by atoms with E-state index in [-0.39, 0.29) is 18.0 Å². The fourth-order valence-electron chi connectivity index (χ4n) is 1.57. The smallest absolute Gasteiger partial charge is 0.446 e. The normalized spacial score (nSPS) is 11.9. The number of rotatable bonds is 8. The number of ether oxygens (including phenoxy) is 1. The van der Waals surface area contributed by atoms with Crippen molar-refractivity contribution in [2.45, 2.75) is 39.2 Å². The second-order valence-electron chi connectivity index (χ2n) is 3.99. The summed E-state index contributed by atoms with van der Waals surface area (Å²) in [6.45, 7) is 4.09. The van der Waals surface area contributed by atoms with Crippen LogP contribution in [0.15, 0.2) is 13.6 Å². The van der Waals surface area contributed by atoms with Crippen LogP contribution in [0.25, 0.3) is 0 Å². The first-order chi connectivity index (χ1) is 9.10. The minimum Gasteiger partial charge on any atom is -0.446 e. The van der Waals surface area contributed by atoms with Gasteiger partial charge in [0, 0.05) is 6.54 Å². The maximum absolute atomic E-state index is 11.9. The van der Waals surface area contributed by atoms with E-state index in [0.29, 0.717) is 6.54 Å². The van der Waals surface area contributed by atoms with Crippen LogP contribution < -0.4 is 11.1 Å². The van der Waals surface area contributed by atoms with Crippen molar-refractivity contribution in [2.75, 3.05) is 6.54 Å². The van der Waals surface area contributed by atoms with Gasteiger partial charge in [0.15, 0.2) is 11.5 Å². The van der Waals surface area contributed by atoms with Gasteiger partial charge in [0.05, 0.1) is 0 Å². The molecule has 0 spiro atoms. The average Bonchev–Trinajstić information content (AvgIpc) is 2.70. The summed E-state index contributed by atoms with van der Waals surface area (Å²) < 4.78 is 14.0. The summed E-state index contributed by atoms with van der Waals surface area (Å²) in [6, 6.07) is 0. The zero-order valence-corrected chi connectivity index (χ0v) is 10.9. The molecule has 1 amide bonds. The SMILES string of the molecule is CCCCCNC(=O)C(OC=O)c1oc(=O)oc1C. The second kappa shape index (κ2) is 7.40. The lowest BCUT2D eigenvalue weighted by Gasteiger charge is -2.12. The number of carbonyl (C=O) groups is 2. The standard InChI is InChI=1S/C12H17NO6/c1-3-4-5-6-13-11(15)10(17-7-14)9-8(2)18-12(16)19-9/h7,10H,3-6H2,1-2H3,(H,13,15). The third-order valence-electron chi connectivity index (χ3n) is 2.52. The lowest BCUT2D eigenvalue weighted by atomic mass is 10.2. The number of aryl methyl sites for hydroxylation is 1. The van der Waals surface area contributed by atoms with Gasteiger partial charge >= 0.3 is 5.82 Å². The van der Waals surface area contributed by atoms with Gasteiger partial charge in [0.1, 0.15) is 0 Å². The molecule has 0 aliphatic rings. The molecule has 1 unspecified atom stereocenters. The van der Waals surface area contributed by atoms with E-state index in [9.17, 15) is 14.4 Å². The van der Waals surface area contributed by atoms with Crippen molar-refractivity contribution in [3.8, 4) is 0 Å². The molecule has 19 heavy (non-hydrogen) atoms. The third kappa shape index (κ3) is 4.27. The van der Waals surface area contributed by atoms with Gasteiger partial charge < -0.3 is 18.9 Å². The molecule has 1 aromatic rings. The summed E-state index contributed by atoms with van der Waals surface area (Å²) in [7, 11) is 0. The molecule has 0 saturated heterocycles. The van der Waals surface area contributed by atoms with Crippen molar-refractivity contribution in [3.63, 3.8) is 0 Å². The lowest BCUT2D eigenvalue weighted by molar-refractivity contribution is -0.146. The molecule has 0 aliphatic carbocycles. The molecule has 7 nitrogen and oxygen atoms in total. The van der Waals surface area contributed by atoms with Crippen LogP contribution in [0.3, 0.4) is 0 Å². The number of nitrogens with one attached hydrogen (secondary N) is 1. The first-order valence-electron chi connectivity index (χ1n) is 6.07. The monoisotopic (exact) mass is 271 g/mol. The molecule has 0 aromatic carbocycles. The minimum absolute atomic E-state index is 0.0925. The van der Waals surface area contributed by atoms with E-state index in [1.807, 2.05) is 6.92 Å². The third-order valence-corrected chi connectivity index (χ3v) is 2.52. The van der Waals surface area contributed by atoms with Gasteiger partial charge in [-0.05, 0) is 13.3 Å². The Hall–Kier alpha value is -2.05. The van der Waals surface area contributed by atoms with Crippen molar-refractivity contribution >= 4 is 12.4 Å². The Morgan fingerprint density at radius 2 is 2.16 bits per heavy atom. The predicted octanol–water partition coefficient (Wildman–Crippen LogP) is 1.06. The van der Waals surface area contributed by atoms with Crippen LogP contribution in [0.5, 0.6) is 0 Å². The predicted molar refractivity (Wildman–Crippen MR) is 64.4 cm³/mol. The quantitative estimate of drug-likeness (QED) is 0.560. The highest BCUT2D eigenvalue weighted by Crippen LogP contribution is 2.19. The molecule has 0 aliphatic heterocycles. The Morgan fingerprint density at radius 3 is 2.68 bits per heavy atom. The highest BCUT2D eigenvalue weighted by atomic mass is 16.6. The average molecular weight is 271 g/mol. The van der Waals surface area contributed by atoms with E-state index >= 15 is 0 Å². The Bertz CT molecular complexity index is 475. The highest BCUT2D eigenvalue weighted by Gasteiger charge is 2.29. The van der Waals surface area contributed by atoms with E-state index in [1.54, 1.807) is 0 Å². The molecule has 7 heteroatoms. The molecule has 1 atom stereocenters. The van der Waals surface area contributed by atoms with E-state index in [1.165, 1.54) is 6.92 Å². The topological polar surface area (TPSA) is 98.7 Å². The van der Waals surface area contributed by atoms with Gasteiger partial charge in [-0.25, -0.2) is 4.79 Å². The van der Waals surface area contributed by atoms with E-state index in [0.717, 1.165) is 19.3 Å².